The molecule has 1 aromatic rings. The molecule has 0 bridgehead atoms. The van der Waals surface area contributed by atoms with Crippen LogP contribution in [0.2, 0.25) is 0 Å². The molecule has 5 nitrogen and oxygen atoms in total. The van der Waals surface area contributed by atoms with Gasteiger partial charge in [-0.1, -0.05) is 13.8 Å². The molecule has 0 saturated heterocycles. The van der Waals surface area contributed by atoms with E-state index in [0.29, 0.717) is 0 Å². The maximum Gasteiger partial charge on any atom is 0.292 e. The lowest BCUT2D eigenvalue weighted by molar-refractivity contribution is -0.383. The van der Waals surface area contributed by atoms with Gasteiger partial charge in [0.25, 0.3) is 5.69 Å². The lowest BCUT2D eigenvalue weighted by Crippen LogP contribution is -1.94. The zero-order chi connectivity index (χ0) is 10.4. The maximum atomic E-state index is 10.2. The number of benzene rings is 1. The van der Waals surface area contributed by atoms with Crippen molar-refractivity contribution in [1.29, 1.82) is 0 Å². The number of hydrogen-bond donors (Lipinski definition) is 2. The molecule has 0 fully saturated rings. The van der Waals surface area contributed by atoms with Crippen LogP contribution < -0.4 is 5.73 Å². The van der Waals surface area contributed by atoms with Crippen LogP contribution in [0.5, 0.6) is 5.75 Å². The zero-order valence-corrected chi connectivity index (χ0v) is 7.52. The lowest BCUT2D eigenvalue weighted by atomic mass is 10.2. The summed E-state index contributed by atoms with van der Waals surface area (Å²) in [4.78, 5) is 9.57. The minimum absolute atomic E-state index is 0.0324. The number of nitrogens with two attached hydrogens (primary N) is 1. The first-order chi connectivity index (χ1) is 6.11. The molecule has 0 atom stereocenters. The van der Waals surface area contributed by atoms with Crippen LogP contribution >= 0.6 is 0 Å². The maximum absolute atomic E-state index is 10.2. The number of rotatable bonds is 1. The highest BCUT2D eigenvalue weighted by Crippen LogP contribution is 2.24. The predicted octanol–water partition coefficient (Wildman–Crippen LogP) is 1.91. The van der Waals surface area contributed by atoms with Crippen LogP contribution in [0.3, 0.4) is 0 Å². The van der Waals surface area contributed by atoms with E-state index >= 15 is 0 Å². The summed E-state index contributed by atoms with van der Waals surface area (Å²) in [7, 11) is 0. The number of nitro benzene ring substituents is 1. The standard InChI is InChI=1S/C6H6N2O3.C2H6/c7-5-3-4(9)1-2-6(5)8(10)11;1-2/h1-3,9H,7H2;1-2H3. The van der Waals surface area contributed by atoms with E-state index in [2.05, 4.69) is 0 Å². The third-order valence-corrected chi connectivity index (χ3v) is 1.21. The fourth-order valence-electron chi connectivity index (χ4n) is 0.708. The Morgan fingerprint density at radius 1 is 1.46 bits per heavy atom. The van der Waals surface area contributed by atoms with Gasteiger partial charge in [-0.3, -0.25) is 10.1 Å². The molecule has 0 saturated carbocycles. The van der Waals surface area contributed by atoms with Crippen molar-refractivity contribution < 1.29 is 10.0 Å². The summed E-state index contributed by atoms with van der Waals surface area (Å²) in [6.45, 7) is 4.00. The van der Waals surface area contributed by atoms with Gasteiger partial charge >= 0.3 is 0 Å². The highest BCUT2D eigenvalue weighted by Gasteiger charge is 2.09. The van der Waals surface area contributed by atoms with E-state index in [9.17, 15) is 10.1 Å². The summed E-state index contributed by atoms with van der Waals surface area (Å²) in [5.41, 5.74) is 5.00. The third-order valence-electron chi connectivity index (χ3n) is 1.21. The Morgan fingerprint density at radius 3 is 2.38 bits per heavy atom. The van der Waals surface area contributed by atoms with E-state index in [1.54, 1.807) is 0 Å². The number of anilines is 1. The topological polar surface area (TPSA) is 89.4 Å². The first-order valence-electron chi connectivity index (χ1n) is 3.84. The van der Waals surface area contributed by atoms with Crippen LogP contribution in [0.4, 0.5) is 11.4 Å². The Morgan fingerprint density at radius 2 is 2.00 bits per heavy atom. The summed E-state index contributed by atoms with van der Waals surface area (Å²) < 4.78 is 0. The van der Waals surface area contributed by atoms with Crippen LogP contribution in [-0.4, -0.2) is 10.0 Å². The van der Waals surface area contributed by atoms with Crippen LogP contribution in [0, 0.1) is 10.1 Å². The van der Waals surface area contributed by atoms with Gasteiger partial charge in [-0.2, -0.15) is 0 Å². The van der Waals surface area contributed by atoms with Crippen molar-refractivity contribution in [1.82, 2.24) is 0 Å². The molecule has 0 aromatic heterocycles. The monoisotopic (exact) mass is 184 g/mol. The molecule has 1 aromatic carbocycles. The molecule has 0 heterocycles. The Balaban J connectivity index is 0.000000671. The van der Waals surface area contributed by atoms with Gasteiger partial charge in [0.05, 0.1) is 4.92 Å². The smallest absolute Gasteiger partial charge is 0.292 e. The molecular weight excluding hydrogens is 172 g/mol. The first-order valence-corrected chi connectivity index (χ1v) is 3.84. The van der Waals surface area contributed by atoms with Gasteiger partial charge in [0.1, 0.15) is 11.4 Å². The van der Waals surface area contributed by atoms with E-state index in [1.165, 1.54) is 6.07 Å². The number of phenols is 1. The molecule has 1 rings (SSSR count). The number of hydrogen-bond acceptors (Lipinski definition) is 4. The number of phenolic OH excluding ortho intramolecular Hbond substituents is 1. The summed E-state index contributed by atoms with van der Waals surface area (Å²) >= 11 is 0. The molecule has 0 aliphatic heterocycles. The summed E-state index contributed by atoms with van der Waals surface area (Å²) in [5.74, 6) is -0.0758. The van der Waals surface area contributed by atoms with Crippen molar-refractivity contribution in [2.24, 2.45) is 0 Å². The molecule has 3 N–H and O–H groups in total. The van der Waals surface area contributed by atoms with Gasteiger partial charge in [-0.25, -0.2) is 0 Å². The highest BCUT2D eigenvalue weighted by atomic mass is 16.6. The van der Waals surface area contributed by atoms with Crippen molar-refractivity contribution in [2.75, 3.05) is 5.73 Å². The van der Waals surface area contributed by atoms with Crippen LogP contribution in [0.1, 0.15) is 13.8 Å². The van der Waals surface area contributed by atoms with Gasteiger partial charge in [0.2, 0.25) is 0 Å². The molecule has 72 valence electrons. The number of nitrogens with zero attached hydrogens (tertiary/aromatic N) is 1. The number of nitro groups is 1. The predicted molar refractivity (Wildman–Crippen MR) is 50.5 cm³/mol. The van der Waals surface area contributed by atoms with Crippen LogP contribution in [0.25, 0.3) is 0 Å². The first kappa shape index (κ1) is 11.2. The lowest BCUT2D eigenvalue weighted by Gasteiger charge is -1.95. The zero-order valence-electron chi connectivity index (χ0n) is 7.52. The highest BCUT2D eigenvalue weighted by molar-refractivity contribution is 5.60. The molecule has 0 aliphatic carbocycles. The average molecular weight is 184 g/mol. The Bertz CT molecular complexity index is 299. The number of nitrogen functional groups attached to an aromatic ring is 1. The van der Waals surface area contributed by atoms with E-state index in [4.69, 9.17) is 10.8 Å². The largest absolute Gasteiger partial charge is 0.508 e. The fraction of sp³-hybridized carbons (Fsp3) is 0.250. The molecule has 13 heavy (non-hydrogen) atoms. The molecule has 0 aliphatic rings. The second kappa shape index (κ2) is 4.97. The number of aromatic hydroxyl groups is 1. The van der Waals surface area contributed by atoms with Crippen molar-refractivity contribution in [2.45, 2.75) is 13.8 Å². The van der Waals surface area contributed by atoms with E-state index in [0.717, 1.165) is 12.1 Å². The van der Waals surface area contributed by atoms with E-state index < -0.39 is 4.92 Å². The summed E-state index contributed by atoms with van der Waals surface area (Å²) in [6.07, 6.45) is 0. The van der Waals surface area contributed by atoms with Crippen molar-refractivity contribution in [3.63, 3.8) is 0 Å². The summed E-state index contributed by atoms with van der Waals surface area (Å²) in [6, 6.07) is 3.51. The molecule has 5 heteroatoms. The minimum Gasteiger partial charge on any atom is -0.508 e. The van der Waals surface area contributed by atoms with E-state index in [1.807, 2.05) is 13.8 Å². The quantitative estimate of drug-likeness (QED) is 0.396. The third kappa shape index (κ3) is 2.98. The second-order valence-corrected chi connectivity index (χ2v) is 2.00. The Hall–Kier alpha value is -1.78. The Labute approximate surface area is 76.0 Å². The van der Waals surface area contributed by atoms with Gasteiger partial charge in [0, 0.05) is 12.1 Å². The van der Waals surface area contributed by atoms with Gasteiger partial charge in [-0.15, -0.1) is 0 Å². The van der Waals surface area contributed by atoms with Crippen molar-refractivity contribution in [3.8, 4) is 5.75 Å². The van der Waals surface area contributed by atoms with E-state index in [-0.39, 0.29) is 17.1 Å². The van der Waals surface area contributed by atoms with Gasteiger partial charge < -0.3 is 10.8 Å². The molecule has 0 spiro atoms. The Kier molecular flexibility index (Phi) is 4.29. The molecule has 0 unspecified atom stereocenters. The van der Waals surface area contributed by atoms with Gasteiger partial charge in [-0.05, 0) is 6.07 Å². The molecular formula is C8H12N2O3. The second-order valence-electron chi connectivity index (χ2n) is 2.00. The van der Waals surface area contributed by atoms with Crippen LogP contribution in [0.15, 0.2) is 18.2 Å². The summed E-state index contributed by atoms with van der Waals surface area (Å²) in [5, 5.41) is 19.0. The molecule has 0 amide bonds. The normalized spacial score (nSPS) is 8.46. The van der Waals surface area contributed by atoms with Gasteiger partial charge in [0.15, 0.2) is 0 Å². The fourth-order valence-corrected chi connectivity index (χ4v) is 0.708. The SMILES string of the molecule is CC.Nc1cc(O)ccc1[N+](=O)[O-]. The van der Waals surface area contributed by atoms with Crippen molar-refractivity contribution >= 4 is 11.4 Å². The molecule has 0 radical (unpaired) electrons. The van der Waals surface area contributed by atoms with Crippen LogP contribution in [-0.2, 0) is 0 Å². The average Bonchev–Trinajstić information content (AvgIpc) is 2.07. The van der Waals surface area contributed by atoms with Crippen molar-refractivity contribution in [3.05, 3.63) is 28.3 Å². The minimum atomic E-state index is -0.602.